The van der Waals surface area contributed by atoms with E-state index in [9.17, 15) is 22.7 Å². The molecule has 4 aromatic rings. The van der Waals surface area contributed by atoms with Crippen LogP contribution < -0.4 is 0 Å². The highest BCUT2D eigenvalue weighted by molar-refractivity contribution is 7.25. The maximum absolute atomic E-state index is 14.2. The van der Waals surface area contributed by atoms with Gasteiger partial charge in [0.05, 0.1) is 16.6 Å². The molecule has 2 aromatic carbocycles. The van der Waals surface area contributed by atoms with Gasteiger partial charge in [0.1, 0.15) is 21.4 Å². The van der Waals surface area contributed by atoms with Crippen molar-refractivity contribution < 1.29 is 22.7 Å². The predicted octanol–water partition coefficient (Wildman–Crippen LogP) is 6.94. The molecular weight excluding hydrogens is 402 g/mol. The molecule has 4 rings (SSSR count). The number of alkyl halides is 3. The Labute approximate surface area is 159 Å². The van der Waals surface area contributed by atoms with E-state index in [-0.39, 0.29) is 16.3 Å². The summed E-state index contributed by atoms with van der Waals surface area (Å²) in [5.41, 5.74) is -0.287. The highest BCUT2D eigenvalue weighted by atomic mass is 35.5. The van der Waals surface area contributed by atoms with E-state index in [0.717, 1.165) is 12.1 Å². The molecule has 2 nitrogen and oxygen atoms in total. The number of thiophene rings is 1. The molecule has 0 aliphatic rings. The molecule has 0 spiro atoms. The summed E-state index contributed by atoms with van der Waals surface area (Å²) in [6, 6.07) is 7.04. The Morgan fingerprint density at radius 3 is 2.56 bits per heavy atom. The minimum absolute atomic E-state index is 0.0941. The minimum atomic E-state index is -4.56. The van der Waals surface area contributed by atoms with Crippen molar-refractivity contribution in [2.24, 2.45) is 0 Å². The van der Waals surface area contributed by atoms with E-state index >= 15 is 0 Å². The number of rotatable bonds is 1. The van der Waals surface area contributed by atoms with E-state index in [1.807, 2.05) is 0 Å². The van der Waals surface area contributed by atoms with Gasteiger partial charge in [0, 0.05) is 15.6 Å². The Morgan fingerprint density at radius 2 is 1.85 bits per heavy atom. The largest absolute Gasteiger partial charge is 0.506 e. The quantitative estimate of drug-likeness (QED) is 0.344. The summed E-state index contributed by atoms with van der Waals surface area (Å²) in [5.74, 6) is -0.841. The maximum Gasteiger partial charge on any atom is 0.416 e. The van der Waals surface area contributed by atoms with Crippen molar-refractivity contribution in [3.63, 3.8) is 0 Å². The van der Waals surface area contributed by atoms with Crippen molar-refractivity contribution in [3.05, 3.63) is 58.5 Å². The number of hydrogen-bond donors (Lipinski definition) is 1. The van der Waals surface area contributed by atoms with Crippen LogP contribution >= 0.6 is 22.9 Å². The van der Waals surface area contributed by atoms with Crippen molar-refractivity contribution in [3.8, 4) is 16.9 Å². The summed E-state index contributed by atoms with van der Waals surface area (Å²) in [4.78, 5) is 4.89. The normalized spacial score (nSPS) is 12.2. The molecule has 2 heterocycles. The molecule has 1 N–H and O–H groups in total. The third-order valence-corrected chi connectivity index (χ3v) is 5.81. The van der Waals surface area contributed by atoms with Gasteiger partial charge in [0.2, 0.25) is 0 Å². The number of halogens is 5. The first-order valence-corrected chi connectivity index (χ1v) is 8.94. The van der Waals surface area contributed by atoms with Crippen molar-refractivity contribution in [2.75, 3.05) is 0 Å². The number of benzene rings is 2. The van der Waals surface area contributed by atoms with Gasteiger partial charge in [-0.1, -0.05) is 23.7 Å². The number of aromatic nitrogens is 1. The van der Waals surface area contributed by atoms with Crippen LogP contribution in [0.15, 0.2) is 36.4 Å². The molecule has 0 atom stereocenters. The highest BCUT2D eigenvalue weighted by Crippen LogP contribution is 2.43. The maximum atomic E-state index is 14.2. The lowest BCUT2D eigenvalue weighted by Gasteiger charge is -2.10. The molecule has 0 fully saturated rings. The van der Waals surface area contributed by atoms with Crippen LogP contribution in [0.2, 0.25) is 5.02 Å². The standard InChI is InChI=1S/C19H10ClF4NOS/c1-8-16(20)17(26)15-11-4-2-9(6-14(11)27-18(15)25-8)12-7-10(19(22,23)24)3-5-13(12)21/h2-7H,1H3,(H,25,26). The van der Waals surface area contributed by atoms with E-state index in [2.05, 4.69) is 4.98 Å². The van der Waals surface area contributed by atoms with Gasteiger partial charge < -0.3 is 5.11 Å². The minimum Gasteiger partial charge on any atom is -0.506 e. The monoisotopic (exact) mass is 411 g/mol. The Kier molecular flexibility index (Phi) is 4.05. The predicted molar refractivity (Wildman–Crippen MR) is 98.9 cm³/mol. The van der Waals surface area contributed by atoms with E-state index in [1.165, 1.54) is 17.4 Å². The average Bonchev–Trinajstić information content (AvgIpc) is 2.96. The van der Waals surface area contributed by atoms with Gasteiger partial charge >= 0.3 is 6.18 Å². The van der Waals surface area contributed by atoms with Crippen LogP contribution in [0.3, 0.4) is 0 Å². The van der Waals surface area contributed by atoms with Gasteiger partial charge in [-0.2, -0.15) is 13.2 Å². The second-order valence-electron chi connectivity index (χ2n) is 6.05. The first-order valence-electron chi connectivity index (χ1n) is 7.75. The van der Waals surface area contributed by atoms with Crippen LogP contribution in [0.25, 0.3) is 31.4 Å². The molecule has 0 unspecified atom stereocenters. The van der Waals surface area contributed by atoms with E-state index in [0.29, 0.717) is 37.6 Å². The van der Waals surface area contributed by atoms with Crippen LogP contribution in [0.5, 0.6) is 5.75 Å². The molecule has 0 saturated carbocycles. The van der Waals surface area contributed by atoms with Gasteiger partial charge in [-0.25, -0.2) is 9.37 Å². The first-order chi connectivity index (χ1) is 12.7. The summed E-state index contributed by atoms with van der Waals surface area (Å²) in [6.45, 7) is 1.66. The topological polar surface area (TPSA) is 33.1 Å². The smallest absolute Gasteiger partial charge is 0.416 e. The van der Waals surface area contributed by atoms with Crippen LogP contribution in [-0.4, -0.2) is 10.1 Å². The Balaban J connectivity index is 1.95. The summed E-state index contributed by atoms with van der Waals surface area (Å²) < 4.78 is 53.7. The van der Waals surface area contributed by atoms with Gasteiger partial charge in [-0.15, -0.1) is 11.3 Å². The number of aryl methyl sites for hydroxylation is 1. The molecule has 27 heavy (non-hydrogen) atoms. The number of aromatic hydroxyl groups is 1. The number of fused-ring (bicyclic) bond motifs is 3. The van der Waals surface area contributed by atoms with E-state index in [1.54, 1.807) is 19.1 Å². The lowest BCUT2D eigenvalue weighted by Crippen LogP contribution is -2.05. The number of pyridine rings is 1. The summed E-state index contributed by atoms with van der Waals surface area (Å²) >= 11 is 7.31. The molecule has 0 amide bonds. The zero-order valence-electron chi connectivity index (χ0n) is 13.7. The molecule has 138 valence electrons. The molecule has 8 heteroatoms. The fourth-order valence-corrected chi connectivity index (χ4v) is 4.27. The van der Waals surface area contributed by atoms with Crippen LogP contribution in [0.1, 0.15) is 11.3 Å². The van der Waals surface area contributed by atoms with Gasteiger partial charge in [-0.05, 0) is 36.8 Å². The van der Waals surface area contributed by atoms with Crippen molar-refractivity contribution in [2.45, 2.75) is 13.1 Å². The van der Waals surface area contributed by atoms with Gasteiger partial charge in [0.15, 0.2) is 0 Å². The Bertz CT molecular complexity index is 1220. The summed E-state index contributed by atoms with van der Waals surface area (Å²) in [6.07, 6.45) is -4.56. The van der Waals surface area contributed by atoms with E-state index in [4.69, 9.17) is 11.6 Å². The average molecular weight is 412 g/mol. The highest BCUT2D eigenvalue weighted by Gasteiger charge is 2.31. The molecule has 2 aromatic heterocycles. The lowest BCUT2D eigenvalue weighted by molar-refractivity contribution is -0.137. The summed E-state index contributed by atoms with van der Waals surface area (Å²) in [7, 11) is 0. The third-order valence-electron chi connectivity index (χ3n) is 4.31. The zero-order valence-corrected chi connectivity index (χ0v) is 15.2. The van der Waals surface area contributed by atoms with Gasteiger partial charge in [0.25, 0.3) is 0 Å². The molecular formula is C19H10ClF4NOS. The second kappa shape index (κ2) is 6.07. The van der Waals surface area contributed by atoms with Crippen LogP contribution in [-0.2, 0) is 6.18 Å². The van der Waals surface area contributed by atoms with Crippen LogP contribution in [0.4, 0.5) is 17.6 Å². The van der Waals surface area contributed by atoms with Crippen molar-refractivity contribution in [1.29, 1.82) is 0 Å². The lowest BCUT2D eigenvalue weighted by atomic mass is 10.0. The third kappa shape index (κ3) is 2.91. The zero-order chi connectivity index (χ0) is 19.5. The van der Waals surface area contributed by atoms with Crippen molar-refractivity contribution >= 4 is 43.2 Å². The number of nitrogens with zero attached hydrogens (tertiary/aromatic N) is 1. The van der Waals surface area contributed by atoms with Gasteiger partial charge in [-0.3, -0.25) is 0 Å². The molecule has 0 aliphatic heterocycles. The fraction of sp³-hybridized carbons (Fsp3) is 0.105. The molecule has 0 aliphatic carbocycles. The van der Waals surface area contributed by atoms with Crippen molar-refractivity contribution in [1.82, 2.24) is 4.98 Å². The molecule has 0 bridgehead atoms. The number of hydrogen-bond acceptors (Lipinski definition) is 3. The molecule has 0 radical (unpaired) electrons. The SMILES string of the molecule is Cc1nc2sc3cc(-c4cc(C(F)(F)F)ccc4F)ccc3c2c(O)c1Cl. The van der Waals surface area contributed by atoms with Crippen LogP contribution in [0, 0.1) is 12.7 Å². The fourth-order valence-electron chi connectivity index (χ4n) is 2.96. The summed E-state index contributed by atoms with van der Waals surface area (Å²) in [5, 5.41) is 11.6. The second-order valence-corrected chi connectivity index (χ2v) is 7.45. The first kappa shape index (κ1) is 18.0. The Morgan fingerprint density at radius 1 is 1.11 bits per heavy atom. The van der Waals surface area contributed by atoms with E-state index < -0.39 is 17.6 Å². The molecule has 0 saturated heterocycles. The Hall–Kier alpha value is -2.38.